The molecule has 1 fully saturated rings. The highest BCUT2D eigenvalue weighted by Crippen LogP contribution is 2.30. The molecule has 1 unspecified atom stereocenters. The Kier molecular flexibility index (Phi) is 6.26. The average Bonchev–Trinajstić information content (AvgIpc) is 3.40. The quantitative estimate of drug-likeness (QED) is 0.575. The molecule has 0 spiro atoms. The number of alkyl halides is 3. The molecule has 0 N–H and O–H groups in total. The van der Waals surface area contributed by atoms with Crippen LogP contribution in [0.4, 0.5) is 13.2 Å². The normalized spacial score (nSPS) is 17.0. The van der Waals surface area contributed by atoms with E-state index in [2.05, 4.69) is 15.2 Å². The van der Waals surface area contributed by atoms with Gasteiger partial charge in [-0.05, 0) is 24.6 Å². The Morgan fingerprint density at radius 1 is 1.28 bits per heavy atom. The summed E-state index contributed by atoms with van der Waals surface area (Å²) in [6, 6.07) is 6.87. The van der Waals surface area contributed by atoms with Gasteiger partial charge in [0.2, 0.25) is 5.91 Å². The molecule has 0 aliphatic carbocycles. The highest BCUT2D eigenvalue weighted by molar-refractivity contribution is 5.76. The van der Waals surface area contributed by atoms with E-state index < -0.39 is 17.8 Å². The van der Waals surface area contributed by atoms with Crippen molar-refractivity contribution in [2.75, 3.05) is 19.7 Å². The predicted molar refractivity (Wildman–Crippen MR) is 105 cm³/mol. The van der Waals surface area contributed by atoms with Crippen molar-refractivity contribution in [3.05, 3.63) is 65.1 Å². The molecule has 3 heterocycles. The fourth-order valence-corrected chi connectivity index (χ4v) is 3.53. The Labute approximate surface area is 182 Å². The number of hydrogen-bond donors (Lipinski definition) is 0. The number of carbonyl (C=O) groups is 1. The van der Waals surface area contributed by atoms with E-state index in [1.54, 1.807) is 21.8 Å². The lowest BCUT2D eigenvalue weighted by Gasteiger charge is -2.31. The van der Waals surface area contributed by atoms with Crippen LogP contribution in [0.2, 0.25) is 0 Å². The standard InChI is InChI=1S/C21H22F3N5O3/c1-14-5-7-25-29(14)8-6-19(30)28-9-10-31-17(13-28)20-26-18(27-32-20)12-15-3-2-4-16(11-15)21(22,23)24/h2-5,7,11,17H,6,8-10,12-13H2,1H3. The van der Waals surface area contributed by atoms with Crippen molar-refractivity contribution in [1.29, 1.82) is 0 Å². The molecule has 1 saturated heterocycles. The van der Waals surface area contributed by atoms with Crippen LogP contribution in [0.25, 0.3) is 0 Å². The molecule has 1 aliphatic rings. The van der Waals surface area contributed by atoms with Crippen molar-refractivity contribution in [1.82, 2.24) is 24.8 Å². The molecule has 32 heavy (non-hydrogen) atoms. The molecule has 1 atom stereocenters. The van der Waals surface area contributed by atoms with Gasteiger partial charge in [0, 0.05) is 37.8 Å². The number of morpholine rings is 1. The molecule has 2 aromatic heterocycles. The van der Waals surface area contributed by atoms with Gasteiger partial charge in [0.15, 0.2) is 11.9 Å². The summed E-state index contributed by atoms with van der Waals surface area (Å²) in [6.45, 7) is 3.46. The highest BCUT2D eigenvalue weighted by Gasteiger charge is 2.31. The van der Waals surface area contributed by atoms with Crippen molar-refractivity contribution in [2.45, 2.75) is 38.6 Å². The number of benzene rings is 1. The van der Waals surface area contributed by atoms with Crippen LogP contribution >= 0.6 is 0 Å². The van der Waals surface area contributed by atoms with Gasteiger partial charge in [0.05, 0.1) is 18.7 Å². The fourth-order valence-electron chi connectivity index (χ4n) is 3.53. The molecule has 1 aromatic carbocycles. The lowest BCUT2D eigenvalue weighted by molar-refractivity contribution is -0.140. The van der Waals surface area contributed by atoms with Crippen LogP contribution < -0.4 is 0 Å². The van der Waals surface area contributed by atoms with E-state index in [0.717, 1.165) is 17.8 Å². The summed E-state index contributed by atoms with van der Waals surface area (Å²) in [7, 11) is 0. The number of rotatable bonds is 6. The van der Waals surface area contributed by atoms with Gasteiger partial charge >= 0.3 is 6.18 Å². The van der Waals surface area contributed by atoms with Crippen LogP contribution in [0.3, 0.4) is 0 Å². The van der Waals surface area contributed by atoms with Gasteiger partial charge in [-0.25, -0.2) is 0 Å². The number of amides is 1. The van der Waals surface area contributed by atoms with E-state index in [0.29, 0.717) is 31.7 Å². The Hall–Kier alpha value is -3.21. The summed E-state index contributed by atoms with van der Waals surface area (Å²) >= 11 is 0. The Morgan fingerprint density at radius 2 is 2.12 bits per heavy atom. The van der Waals surface area contributed by atoms with Gasteiger partial charge in [-0.3, -0.25) is 9.48 Å². The number of hydrogen-bond acceptors (Lipinski definition) is 6. The molecular formula is C21H22F3N5O3. The third-order valence-corrected chi connectivity index (χ3v) is 5.26. The summed E-state index contributed by atoms with van der Waals surface area (Å²) in [5, 5.41) is 8.04. The van der Waals surface area contributed by atoms with Gasteiger partial charge in [-0.2, -0.15) is 23.3 Å². The minimum Gasteiger partial charge on any atom is -0.365 e. The zero-order chi connectivity index (χ0) is 22.7. The first-order valence-corrected chi connectivity index (χ1v) is 10.2. The largest absolute Gasteiger partial charge is 0.416 e. The van der Waals surface area contributed by atoms with Crippen LogP contribution in [0.5, 0.6) is 0 Å². The predicted octanol–water partition coefficient (Wildman–Crippen LogP) is 3.17. The van der Waals surface area contributed by atoms with Crippen LogP contribution in [0.1, 0.15) is 41.1 Å². The average molecular weight is 449 g/mol. The van der Waals surface area contributed by atoms with E-state index in [1.807, 2.05) is 13.0 Å². The molecule has 170 valence electrons. The van der Waals surface area contributed by atoms with Crippen molar-refractivity contribution >= 4 is 5.91 Å². The molecule has 1 aliphatic heterocycles. The second-order valence-corrected chi connectivity index (χ2v) is 7.57. The second kappa shape index (κ2) is 9.11. The molecule has 0 radical (unpaired) electrons. The first-order chi connectivity index (χ1) is 15.3. The van der Waals surface area contributed by atoms with Crippen LogP contribution in [0, 0.1) is 6.92 Å². The Balaban J connectivity index is 1.36. The maximum atomic E-state index is 12.9. The first kappa shape index (κ1) is 22.0. The minimum atomic E-state index is -4.42. The van der Waals surface area contributed by atoms with Crippen molar-refractivity contribution < 1.29 is 27.2 Å². The number of carbonyl (C=O) groups excluding carboxylic acids is 1. The van der Waals surface area contributed by atoms with Gasteiger partial charge < -0.3 is 14.2 Å². The summed E-state index contributed by atoms with van der Waals surface area (Å²) in [5.74, 6) is 0.421. The fraction of sp³-hybridized carbons (Fsp3) is 0.429. The summed E-state index contributed by atoms with van der Waals surface area (Å²) in [5.41, 5.74) is 0.674. The Morgan fingerprint density at radius 3 is 2.88 bits per heavy atom. The minimum absolute atomic E-state index is 0.0306. The second-order valence-electron chi connectivity index (χ2n) is 7.57. The maximum absolute atomic E-state index is 12.9. The molecule has 0 saturated carbocycles. The van der Waals surface area contributed by atoms with E-state index >= 15 is 0 Å². The highest BCUT2D eigenvalue weighted by atomic mass is 19.4. The van der Waals surface area contributed by atoms with E-state index in [4.69, 9.17) is 9.26 Å². The van der Waals surface area contributed by atoms with Gasteiger partial charge in [0.1, 0.15) is 0 Å². The first-order valence-electron chi connectivity index (χ1n) is 10.2. The number of aromatic nitrogens is 4. The van der Waals surface area contributed by atoms with Crippen molar-refractivity contribution in [2.24, 2.45) is 0 Å². The lowest BCUT2D eigenvalue weighted by atomic mass is 10.1. The summed E-state index contributed by atoms with van der Waals surface area (Å²) in [6.07, 6.45) is -2.91. The topological polar surface area (TPSA) is 86.3 Å². The molecule has 4 rings (SSSR count). The lowest BCUT2D eigenvalue weighted by Crippen LogP contribution is -2.42. The summed E-state index contributed by atoms with van der Waals surface area (Å²) < 4.78 is 51.5. The monoisotopic (exact) mass is 449 g/mol. The smallest absolute Gasteiger partial charge is 0.365 e. The zero-order valence-corrected chi connectivity index (χ0v) is 17.4. The number of aryl methyl sites for hydroxylation is 2. The zero-order valence-electron chi connectivity index (χ0n) is 17.4. The van der Waals surface area contributed by atoms with Crippen molar-refractivity contribution in [3.63, 3.8) is 0 Å². The van der Waals surface area contributed by atoms with Crippen LogP contribution in [-0.4, -0.2) is 50.4 Å². The summed E-state index contributed by atoms with van der Waals surface area (Å²) in [4.78, 5) is 18.6. The third-order valence-electron chi connectivity index (χ3n) is 5.26. The number of halogens is 3. The SMILES string of the molecule is Cc1ccnn1CCC(=O)N1CCOC(c2nc(Cc3cccc(C(F)(F)F)c3)no2)C1. The van der Waals surface area contributed by atoms with E-state index in [1.165, 1.54) is 6.07 Å². The molecule has 8 nitrogen and oxygen atoms in total. The molecule has 3 aromatic rings. The molecular weight excluding hydrogens is 427 g/mol. The number of nitrogens with zero attached hydrogens (tertiary/aromatic N) is 5. The van der Waals surface area contributed by atoms with Crippen molar-refractivity contribution in [3.8, 4) is 0 Å². The molecule has 11 heteroatoms. The van der Waals surface area contributed by atoms with Gasteiger partial charge in [0.25, 0.3) is 5.89 Å². The third kappa shape index (κ3) is 5.16. The van der Waals surface area contributed by atoms with Crippen LogP contribution in [-0.2, 0) is 28.7 Å². The maximum Gasteiger partial charge on any atom is 0.416 e. The molecule has 0 bridgehead atoms. The van der Waals surface area contributed by atoms with E-state index in [-0.39, 0.29) is 30.6 Å². The molecule has 1 amide bonds. The number of ether oxygens (including phenoxy) is 1. The van der Waals surface area contributed by atoms with Gasteiger partial charge in [-0.1, -0.05) is 23.4 Å². The van der Waals surface area contributed by atoms with E-state index in [9.17, 15) is 18.0 Å². The van der Waals surface area contributed by atoms with Gasteiger partial charge in [-0.15, -0.1) is 0 Å². The van der Waals surface area contributed by atoms with Crippen LogP contribution in [0.15, 0.2) is 41.1 Å². The Bertz CT molecular complexity index is 1080.